The van der Waals surface area contributed by atoms with Gasteiger partial charge >= 0.3 is 0 Å². The minimum Gasteiger partial charge on any atom is -0.375 e. The van der Waals surface area contributed by atoms with E-state index >= 15 is 0 Å². The lowest BCUT2D eigenvalue weighted by molar-refractivity contribution is -0.153. The number of likely N-dealkylation sites (tertiary alicyclic amines) is 1. The Morgan fingerprint density at radius 2 is 2.24 bits per heavy atom. The molecular formula is C14H24F2N2O3. The fourth-order valence-electron chi connectivity index (χ4n) is 3.03. The third-order valence-electron chi connectivity index (χ3n) is 4.14. The van der Waals surface area contributed by atoms with Gasteiger partial charge in [-0.05, 0) is 13.0 Å². The molecule has 2 aliphatic rings. The predicted octanol–water partition coefficient (Wildman–Crippen LogP) is 0.980. The van der Waals surface area contributed by atoms with Gasteiger partial charge in [-0.1, -0.05) is 6.92 Å². The molecule has 5 nitrogen and oxygen atoms in total. The molecule has 0 unspecified atom stereocenters. The van der Waals surface area contributed by atoms with Crippen LogP contribution in [-0.4, -0.2) is 80.3 Å². The second-order valence-electron chi connectivity index (χ2n) is 5.46. The Balaban J connectivity index is 1.80. The molecule has 0 bridgehead atoms. The summed E-state index contributed by atoms with van der Waals surface area (Å²) in [5, 5.41) is 0. The predicted molar refractivity (Wildman–Crippen MR) is 73.4 cm³/mol. The van der Waals surface area contributed by atoms with E-state index in [2.05, 4.69) is 11.8 Å². The van der Waals surface area contributed by atoms with Crippen molar-refractivity contribution in [1.29, 1.82) is 0 Å². The lowest BCUT2D eigenvalue weighted by Crippen LogP contribution is -2.60. The van der Waals surface area contributed by atoms with Crippen LogP contribution < -0.4 is 0 Å². The number of piperidine rings is 1. The third kappa shape index (κ3) is 4.59. The number of morpholine rings is 1. The Hall–Kier alpha value is -0.790. The molecule has 2 fully saturated rings. The van der Waals surface area contributed by atoms with E-state index in [0.29, 0.717) is 13.2 Å². The van der Waals surface area contributed by atoms with Gasteiger partial charge in [0.1, 0.15) is 6.61 Å². The van der Waals surface area contributed by atoms with Gasteiger partial charge in [0.05, 0.1) is 31.8 Å². The van der Waals surface area contributed by atoms with Crippen molar-refractivity contribution in [2.24, 2.45) is 0 Å². The van der Waals surface area contributed by atoms with Crippen LogP contribution in [0.3, 0.4) is 0 Å². The largest absolute Gasteiger partial charge is 0.375 e. The summed E-state index contributed by atoms with van der Waals surface area (Å²) in [7, 11) is 0. The molecule has 1 amide bonds. The summed E-state index contributed by atoms with van der Waals surface area (Å²) in [5.74, 6) is -0.0208. The zero-order chi connectivity index (χ0) is 15.2. The molecule has 2 saturated heterocycles. The van der Waals surface area contributed by atoms with Gasteiger partial charge in [0.15, 0.2) is 0 Å². The molecule has 0 saturated carbocycles. The van der Waals surface area contributed by atoms with E-state index in [-0.39, 0.29) is 31.1 Å². The minimum atomic E-state index is -2.48. The van der Waals surface area contributed by atoms with Gasteiger partial charge < -0.3 is 19.3 Å². The maximum absolute atomic E-state index is 12.2. The summed E-state index contributed by atoms with van der Waals surface area (Å²) in [6.45, 7) is 5.50. The smallest absolute Gasteiger partial charge is 0.261 e. The summed E-state index contributed by atoms with van der Waals surface area (Å²) >= 11 is 0. The number of hydrogen-bond donors (Lipinski definition) is 0. The fraction of sp³-hybridized carbons (Fsp3) is 0.929. The average Bonchev–Trinajstić information content (AvgIpc) is 2.49. The van der Waals surface area contributed by atoms with Crippen LogP contribution in [0, 0.1) is 0 Å². The molecule has 21 heavy (non-hydrogen) atoms. The summed E-state index contributed by atoms with van der Waals surface area (Å²) in [6.07, 6.45) is -1.35. The standard InChI is InChI=1S/C14H24F2N2O3/c1-2-17-5-3-11-12(9-17)21-8-6-18(11)14(19)4-7-20-10-13(15)16/h11-13H,2-10H2,1H3/t11-,12+/m0/s1. The molecule has 2 heterocycles. The Bertz CT molecular complexity index is 344. The van der Waals surface area contributed by atoms with Crippen LogP contribution in [0.25, 0.3) is 0 Å². The summed E-state index contributed by atoms with van der Waals surface area (Å²) in [6, 6.07) is 0.115. The average molecular weight is 306 g/mol. The lowest BCUT2D eigenvalue weighted by Gasteiger charge is -2.46. The number of amides is 1. The molecule has 0 spiro atoms. The van der Waals surface area contributed by atoms with E-state index in [1.165, 1.54) is 0 Å². The van der Waals surface area contributed by atoms with Crippen LogP contribution in [0.15, 0.2) is 0 Å². The topological polar surface area (TPSA) is 42.0 Å². The van der Waals surface area contributed by atoms with E-state index in [4.69, 9.17) is 9.47 Å². The summed E-state index contributed by atoms with van der Waals surface area (Å²) in [4.78, 5) is 16.4. The Morgan fingerprint density at radius 3 is 2.95 bits per heavy atom. The van der Waals surface area contributed by atoms with E-state index in [1.807, 2.05) is 4.90 Å². The van der Waals surface area contributed by atoms with Gasteiger partial charge in [-0.25, -0.2) is 8.78 Å². The first-order valence-electron chi connectivity index (χ1n) is 7.61. The highest BCUT2D eigenvalue weighted by molar-refractivity contribution is 5.76. The molecule has 7 heteroatoms. The van der Waals surface area contributed by atoms with Crippen LogP contribution in [0.5, 0.6) is 0 Å². The van der Waals surface area contributed by atoms with Crippen molar-refractivity contribution in [3.8, 4) is 0 Å². The number of hydrogen-bond acceptors (Lipinski definition) is 4. The second kappa shape index (κ2) is 8.00. The van der Waals surface area contributed by atoms with E-state index < -0.39 is 13.0 Å². The molecule has 0 aliphatic carbocycles. The van der Waals surface area contributed by atoms with Crippen LogP contribution >= 0.6 is 0 Å². The number of likely N-dealkylation sites (N-methyl/N-ethyl adjacent to an activating group) is 1. The lowest BCUT2D eigenvalue weighted by atomic mass is 9.98. The Labute approximate surface area is 124 Å². The van der Waals surface area contributed by atoms with Gasteiger partial charge in [0, 0.05) is 19.6 Å². The molecule has 0 aromatic rings. The molecule has 2 atom stereocenters. The summed E-state index contributed by atoms with van der Waals surface area (Å²) in [5.41, 5.74) is 0. The number of carbonyl (C=O) groups excluding carboxylic acids is 1. The second-order valence-corrected chi connectivity index (χ2v) is 5.46. The number of carbonyl (C=O) groups is 1. The maximum Gasteiger partial charge on any atom is 0.261 e. The monoisotopic (exact) mass is 306 g/mol. The van der Waals surface area contributed by atoms with Crippen molar-refractivity contribution in [3.05, 3.63) is 0 Å². The van der Waals surface area contributed by atoms with Crippen molar-refractivity contribution in [2.45, 2.75) is 38.3 Å². The van der Waals surface area contributed by atoms with Gasteiger partial charge in [-0.3, -0.25) is 4.79 Å². The number of ether oxygens (including phenoxy) is 2. The molecule has 0 radical (unpaired) electrons. The van der Waals surface area contributed by atoms with Gasteiger partial charge in [-0.2, -0.15) is 0 Å². The highest BCUT2D eigenvalue weighted by Crippen LogP contribution is 2.23. The highest BCUT2D eigenvalue weighted by Gasteiger charge is 2.38. The molecule has 2 aliphatic heterocycles. The van der Waals surface area contributed by atoms with E-state index in [0.717, 1.165) is 26.1 Å². The van der Waals surface area contributed by atoms with E-state index in [9.17, 15) is 13.6 Å². The van der Waals surface area contributed by atoms with Crippen molar-refractivity contribution in [3.63, 3.8) is 0 Å². The van der Waals surface area contributed by atoms with Crippen molar-refractivity contribution in [2.75, 3.05) is 46.0 Å². The first-order chi connectivity index (χ1) is 10.1. The maximum atomic E-state index is 12.2. The van der Waals surface area contributed by atoms with E-state index in [1.54, 1.807) is 0 Å². The number of fused-ring (bicyclic) bond motifs is 1. The van der Waals surface area contributed by atoms with Crippen molar-refractivity contribution >= 4 is 5.91 Å². The zero-order valence-corrected chi connectivity index (χ0v) is 12.5. The molecule has 2 rings (SSSR count). The SMILES string of the molecule is CCN1CC[C@H]2[C@@H](C1)OCCN2C(=O)CCOCC(F)F. The van der Waals surface area contributed by atoms with Crippen molar-refractivity contribution < 1.29 is 23.0 Å². The van der Waals surface area contributed by atoms with Crippen LogP contribution in [0.2, 0.25) is 0 Å². The quantitative estimate of drug-likeness (QED) is 0.686. The highest BCUT2D eigenvalue weighted by atomic mass is 19.3. The van der Waals surface area contributed by atoms with Crippen LogP contribution in [0.4, 0.5) is 8.78 Å². The van der Waals surface area contributed by atoms with Gasteiger partial charge in [0.2, 0.25) is 5.91 Å². The van der Waals surface area contributed by atoms with Crippen LogP contribution in [0.1, 0.15) is 19.8 Å². The van der Waals surface area contributed by atoms with Crippen molar-refractivity contribution in [1.82, 2.24) is 9.80 Å². The number of nitrogens with zero attached hydrogens (tertiary/aromatic N) is 2. The summed E-state index contributed by atoms with van der Waals surface area (Å²) < 4.78 is 34.5. The first kappa shape index (κ1) is 16.6. The Kier molecular flexibility index (Phi) is 6.32. The number of halogens is 2. The molecule has 0 N–H and O–H groups in total. The number of rotatable bonds is 6. The molecule has 0 aromatic heterocycles. The first-order valence-corrected chi connectivity index (χ1v) is 7.61. The third-order valence-corrected chi connectivity index (χ3v) is 4.14. The minimum absolute atomic E-state index is 0.0208. The molecule has 0 aromatic carbocycles. The molecular weight excluding hydrogens is 282 g/mol. The number of alkyl halides is 2. The normalized spacial score (nSPS) is 27.0. The van der Waals surface area contributed by atoms with Gasteiger partial charge in [-0.15, -0.1) is 0 Å². The van der Waals surface area contributed by atoms with Crippen LogP contribution in [-0.2, 0) is 14.3 Å². The Morgan fingerprint density at radius 1 is 1.43 bits per heavy atom. The zero-order valence-electron chi connectivity index (χ0n) is 12.5. The fourth-order valence-corrected chi connectivity index (χ4v) is 3.03. The van der Waals surface area contributed by atoms with Gasteiger partial charge in [0.25, 0.3) is 6.43 Å². The molecule has 122 valence electrons.